The van der Waals surface area contributed by atoms with Gasteiger partial charge < -0.3 is 10.4 Å². The molecule has 0 bridgehead atoms. The van der Waals surface area contributed by atoms with Crippen molar-refractivity contribution in [2.45, 2.75) is 32.2 Å². The Morgan fingerprint density at radius 1 is 1.37 bits per heavy atom. The molecule has 0 aliphatic carbocycles. The summed E-state index contributed by atoms with van der Waals surface area (Å²) in [4.78, 5) is 22.4. The number of para-hydroxylation sites is 1. The monoisotopic (exact) mass is 266 g/mol. The molecule has 6 nitrogen and oxygen atoms in total. The fourth-order valence-electron chi connectivity index (χ4n) is 1.82. The van der Waals surface area contributed by atoms with Gasteiger partial charge in [0.25, 0.3) is 11.6 Å². The highest BCUT2D eigenvalue weighted by Gasteiger charge is 2.30. The van der Waals surface area contributed by atoms with Crippen LogP contribution in [-0.4, -0.2) is 28.1 Å². The number of carbonyl (C=O) groups excluding carboxylic acids is 1. The SMILES string of the molecule is CCC(CC)(CO)NC(=O)c1ccccc1[N+](=O)[O-]. The number of hydrogen-bond acceptors (Lipinski definition) is 4. The van der Waals surface area contributed by atoms with Crippen LogP contribution < -0.4 is 5.32 Å². The van der Waals surface area contributed by atoms with Crippen molar-refractivity contribution in [3.05, 3.63) is 39.9 Å². The standard InChI is InChI=1S/C13H18N2O4/c1-3-13(4-2,9-16)14-12(17)10-7-5-6-8-11(10)15(18)19/h5-8,16H,3-4,9H2,1-2H3,(H,14,17). The number of rotatable bonds is 6. The maximum Gasteiger partial charge on any atom is 0.282 e. The van der Waals surface area contributed by atoms with Crippen molar-refractivity contribution in [1.82, 2.24) is 5.32 Å². The highest BCUT2D eigenvalue weighted by Crippen LogP contribution is 2.20. The minimum absolute atomic E-state index is 0.00669. The van der Waals surface area contributed by atoms with Crippen molar-refractivity contribution < 1.29 is 14.8 Å². The van der Waals surface area contributed by atoms with E-state index in [0.29, 0.717) is 12.8 Å². The molecule has 19 heavy (non-hydrogen) atoms. The summed E-state index contributed by atoms with van der Waals surface area (Å²) in [6.07, 6.45) is 1.10. The van der Waals surface area contributed by atoms with Crippen molar-refractivity contribution in [3.63, 3.8) is 0 Å². The van der Waals surface area contributed by atoms with Gasteiger partial charge in [-0.2, -0.15) is 0 Å². The highest BCUT2D eigenvalue weighted by atomic mass is 16.6. The first kappa shape index (κ1) is 15.1. The van der Waals surface area contributed by atoms with Crippen LogP contribution in [-0.2, 0) is 0 Å². The second kappa shape index (κ2) is 6.29. The van der Waals surface area contributed by atoms with Gasteiger partial charge in [0.2, 0.25) is 0 Å². The van der Waals surface area contributed by atoms with Crippen molar-refractivity contribution >= 4 is 11.6 Å². The Hall–Kier alpha value is -1.95. The molecular weight excluding hydrogens is 248 g/mol. The predicted octanol–water partition coefficient (Wildman–Crippen LogP) is 1.88. The van der Waals surface area contributed by atoms with Crippen molar-refractivity contribution in [2.24, 2.45) is 0 Å². The Bertz CT molecular complexity index is 461. The third kappa shape index (κ3) is 3.29. The Morgan fingerprint density at radius 3 is 2.42 bits per heavy atom. The molecule has 2 N–H and O–H groups in total. The molecule has 1 rings (SSSR count). The number of nitro benzene ring substituents is 1. The molecule has 0 heterocycles. The van der Waals surface area contributed by atoms with E-state index >= 15 is 0 Å². The fraction of sp³-hybridized carbons (Fsp3) is 0.462. The lowest BCUT2D eigenvalue weighted by atomic mass is 9.93. The number of hydrogen-bond donors (Lipinski definition) is 2. The summed E-state index contributed by atoms with van der Waals surface area (Å²) >= 11 is 0. The topological polar surface area (TPSA) is 92.5 Å². The summed E-state index contributed by atoms with van der Waals surface area (Å²) in [5.41, 5.74) is -0.966. The van der Waals surface area contributed by atoms with Crippen LogP contribution in [0.1, 0.15) is 37.0 Å². The number of nitro groups is 1. The summed E-state index contributed by atoms with van der Waals surface area (Å²) in [5, 5.41) is 23.0. The molecule has 0 aromatic heterocycles. The van der Waals surface area contributed by atoms with Gasteiger partial charge >= 0.3 is 0 Å². The summed E-state index contributed by atoms with van der Waals surface area (Å²) in [5.74, 6) is -0.537. The van der Waals surface area contributed by atoms with Gasteiger partial charge in [-0.25, -0.2) is 0 Å². The highest BCUT2D eigenvalue weighted by molar-refractivity contribution is 5.98. The van der Waals surface area contributed by atoms with Gasteiger partial charge in [-0.05, 0) is 18.9 Å². The second-order valence-electron chi connectivity index (χ2n) is 4.37. The molecule has 0 saturated carbocycles. The third-order valence-electron chi connectivity index (χ3n) is 3.38. The molecule has 0 unspecified atom stereocenters. The number of aliphatic hydroxyl groups is 1. The zero-order chi connectivity index (χ0) is 14.5. The van der Waals surface area contributed by atoms with Crippen LogP contribution in [0.3, 0.4) is 0 Å². The summed E-state index contributed by atoms with van der Waals surface area (Å²) in [7, 11) is 0. The third-order valence-corrected chi connectivity index (χ3v) is 3.38. The van der Waals surface area contributed by atoms with E-state index in [1.54, 1.807) is 6.07 Å². The molecule has 104 valence electrons. The van der Waals surface area contributed by atoms with Crippen LogP contribution in [0.15, 0.2) is 24.3 Å². The lowest BCUT2D eigenvalue weighted by Gasteiger charge is -2.30. The number of nitrogens with zero attached hydrogens (tertiary/aromatic N) is 1. The van der Waals surface area contributed by atoms with E-state index in [1.165, 1.54) is 18.2 Å². The lowest BCUT2D eigenvalue weighted by molar-refractivity contribution is -0.385. The van der Waals surface area contributed by atoms with Crippen molar-refractivity contribution in [3.8, 4) is 0 Å². The quantitative estimate of drug-likeness (QED) is 0.607. The van der Waals surface area contributed by atoms with Crippen molar-refractivity contribution in [1.29, 1.82) is 0 Å². The van der Waals surface area contributed by atoms with E-state index in [9.17, 15) is 20.0 Å². The maximum atomic E-state index is 12.1. The largest absolute Gasteiger partial charge is 0.394 e. The van der Waals surface area contributed by atoms with Crippen LogP contribution in [0.5, 0.6) is 0 Å². The second-order valence-corrected chi connectivity index (χ2v) is 4.37. The number of nitrogens with one attached hydrogen (secondary N) is 1. The predicted molar refractivity (Wildman–Crippen MR) is 71.0 cm³/mol. The van der Waals surface area contributed by atoms with E-state index < -0.39 is 16.4 Å². The molecule has 1 aromatic carbocycles. The van der Waals surface area contributed by atoms with Gasteiger partial charge in [0, 0.05) is 6.07 Å². The van der Waals surface area contributed by atoms with E-state index in [0.717, 1.165) is 0 Å². The van der Waals surface area contributed by atoms with Gasteiger partial charge in [0.1, 0.15) is 5.56 Å². The average molecular weight is 266 g/mol. The van der Waals surface area contributed by atoms with Gasteiger partial charge in [0.15, 0.2) is 0 Å². The zero-order valence-electron chi connectivity index (χ0n) is 11.0. The molecular formula is C13H18N2O4. The fourth-order valence-corrected chi connectivity index (χ4v) is 1.82. The first-order chi connectivity index (χ1) is 8.99. The van der Waals surface area contributed by atoms with Crippen LogP contribution in [0.2, 0.25) is 0 Å². The van der Waals surface area contributed by atoms with E-state index in [2.05, 4.69) is 5.32 Å². The smallest absolute Gasteiger partial charge is 0.282 e. The first-order valence-corrected chi connectivity index (χ1v) is 6.16. The van der Waals surface area contributed by atoms with Crippen LogP contribution in [0.4, 0.5) is 5.69 Å². The molecule has 0 atom stereocenters. The van der Waals surface area contributed by atoms with Crippen LogP contribution >= 0.6 is 0 Å². The van der Waals surface area contributed by atoms with Crippen LogP contribution in [0, 0.1) is 10.1 Å². The average Bonchev–Trinajstić information content (AvgIpc) is 2.44. The van der Waals surface area contributed by atoms with Gasteiger partial charge in [-0.3, -0.25) is 14.9 Å². The molecule has 0 aliphatic heterocycles. The Morgan fingerprint density at radius 2 is 1.95 bits per heavy atom. The molecule has 0 spiro atoms. The van der Waals surface area contributed by atoms with Gasteiger partial charge in [-0.15, -0.1) is 0 Å². The molecule has 0 radical (unpaired) electrons. The van der Waals surface area contributed by atoms with E-state index in [1.807, 2.05) is 13.8 Å². The molecule has 1 aromatic rings. The molecule has 0 aliphatic rings. The number of aliphatic hydroxyl groups excluding tert-OH is 1. The Balaban J connectivity index is 3.05. The van der Waals surface area contributed by atoms with Crippen LogP contribution in [0.25, 0.3) is 0 Å². The van der Waals surface area contributed by atoms with E-state index in [-0.39, 0.29) is 17.9 Å². The number of carbonyl (C=O) groups is 1. The summed E-state index contributed by atoms with van der Waals surface area (Å²) in [6, 6.07) is 5.77. The maximum absolute atomic E-state index is 12.1. The summed E-state index contributed by atoms with van der Waals surface area (Å²) < 4.78 is 0. The number of benzene rings is 1. The minimum Gasteiger partial charge on any atom is -0.394 e. The molecule has 0 saturated heterocycles. The van der Waals surface area contributed by atoms with Gasteiger partial charge in [0.05, 0.1) is 17.1 Å². The molecule has 6 heteroatoms. The zero-order valence-corrected chi connectivity index (χ0v) is 11.0. The molecule has 0 fully saturated rings. The first-order valence-electron chi connectivity index (χ1n) is 6.16. The lowest BCUT2D eigenvalue weighted by Crippen LogP contribution is -2.50. The van der Waals surface area contributed by atoms with Gasteiger partial charge in [-0.1, -0.05) is 26.0 Å². The normalized spacial score (nSPS) is 11.1. The van der Waals surface area contributed by atoms with Crippen molar-refractivity contribution in [2.75, 3.05) is 6.61 Å². The summed E-state index contributed by atoms with van der Waals surface area (Å²) in [6.45, 7) is 3.49. The Labute approximate surface area is 111 Å². The Kier molecular flexibility index (Phi) is 5.00. The van der Waals surface area contributed by atoms with E-state index in [4.69, 9.17) is 0 Å². The number of amides is 1. The minimum atomic E-state index is -0.735. The molecule has 1 amide bonds.